The third-order valence-electron chi connectivity index (χ3n) is 16.1. The Morgan fingerprint density at radius 2 is 1.67 bits per heavy atom. The van der Waals surface area contributed by atoms with Crippen LogP contribution < -0.4 is 16.0 Å². The number of carbonyl (C=O) groups excluding carboxylic acids is 3. The third-order valence-corrected chi connectivity index (χ3v) is 16.1. The Morgan fingerprint density at radius 1 is 0.940 bits per heavy atom. The van der Waals surface area contributed by atoms with Gasteiger partial charge in [-0.3, -0.25) is 14.4 Å². The fourth-order valence-electron chi connectivity index (χ4n) is 11.4. The van der Waals surface area contributed by atoms with Crippen molar-refractivity contribution in [1.29, 1.82) is 0 Å². The molecule has 3 saturated heterocycles. The van der Waals surface area contributed by atoms with Crippen molar-refractivity contribution >= 4 is 34.3 Å². The Labute approximate surface area is 397 Å². The standard InChI is InChI=1S/C54H77N5O8/c1-9-43(49-34(6)29-54(11-3,67-49)44-22-25-53(65,10-2)36(8)66-44)48(62)35(7)46(60)32(4)16-18-38-19-17-33(5)47(61)45(38)51(64)56-31-42-24-27-59-26-23-41(57-52(59)58-42)30-55-50(63)40-21-20-37-14-12-13-15-39(37)28-40/h12-15,17,19-21,28,32,34-36,41-44,46,49,60-61,65H,9-11,16,18,22-27,29-31H2,1-8H3,(H,55,63)(H,56,64)(H,57,58)/t32-,34+,35+,36+,41+,42+,43+,44-,46+,49+,53-,54+/m1/s1. The van der Waals surface area contributed by atoms with Gasteiger partial charge in [-0.15, -0.1) is 0 Å². The van der Waals surface area contributed by atoms with Crippen LogP contribution in [0.2, 0.25) is 0 Å². The second kappa shape index (κ2) is 21.4. The van der Waals surface area contributed by atoms with Crippen LogP contribution in [-0.2, 0) is 20.7 Å². The Bertz CT molecular complexity index is 2270. The number of phenolic OH excluding ortho intramolecular Hbond substituents is 1. The number of guanidine groups is 1. The summed E-state index contributed by atoms with van der Waals surface area (Å²) in [4.78, 5) is 48.5. The van der Waals surface area contributed by atoms with Gasteiger partial charge in [0, 0.05) is 49.6 Å². The van der Waals surface area contributed by atoms with E-state index in [1.165, 1.54) is 0 Å². The summed E-state index contributed by atoms with van der Waals surface area (Å²) in [7, 11) is 0. The fourth-order valence-corrected chi connectivity index (χ4v) is 11.4. The summed E-state index contributed by atoms with van der Waals surface area (Å²) in [5.41, 5.74) is 0.731. The number of aryl methyl sites for hydroxylation is 2. The summed E-state index contributed by atoms with van der Waals surface area (Å²) in [5, 5.41) is 45.8. The normalized spacial score (nSPS) is 29.2. The zero-order valence-corrected chi connectivity index (χ0v) is 41.1. The molecule has 4 aliphatic rings. The van der Waals surface area contributed by atoms with Crippen LogP contribution >= 0.6 is 0 Å². The van der Waals surface area contributed by atoms with Gasteiger partial charge in [-0.05, 0) is 124 Å². The fraction of sp³-hybridized carbons (Fsp3) is 0.630. The van der Waals surface area contributed by atoms with Gasteiger partial charge in [-0.1, -0.05) is 84.0 Å². The number of ether oxygens (including phenoxy) is 2. The van der Waals surface area contributed by atoms with Crippen LogP contribution in [0, 0.1) is 30.6 Å². The quantitative estimate of drug-likeness (QED) is 0.0761. The number of phenols is 1. The van der Waals surface area contributed by atoms with Crippen molar-refractivity contribution in [2.75, 3.05) is 26.2 Å². The zero-order valence-electron chi connectivity index (χ0n) is 41.1. The van der Waals surface area contributed by atoms with E-state index in [9.17, 15) is 29.7 Å². The average molecular weight is 924 g/mol. The second-order valence-corrected chi connectivity index (χ2v) is 20.4. The van der Waals surface area contributed by atoms with E-state index < -0.39 is 23.2 Å². The van der Waals surface area contributed by atoms with E-state index >= 15 is 0 Å². The SMILES string of the molecule is CC[C@@H](C(=O)[C@@H](C)[C@@H](O)[C@H](C)CCc1ccc(C)c(O)c1C(=O)NC[C@@H]1CCN2CC[C@@H](CNC(=O)c3ccc4ccccc4c3)NC2=N1)[C@H]1O[C@](CC)([C@H]2CC[C@](O)(CC)[C@H](C)O2)C[C@@H]1C. The number of aliphatic imine (C=N–C) groups is 1. The molecular formula is C54H77N5O8. The number of Topliss-reactive ketones (excluding diaryl/α,β-unsaturated/α-hetero) is 1. The molecule has 13 nitrogen and oxygen atoms in total. The molecule has 13 heteroatoms. The number of amides is 2. The molecule has 3 fully saturated rings. The minimum Gasteiger partial charge on any atom is -0.507 e. The molecule has 12 atom stereocenters. The van der Waals surface area contributed by atoms with E-state index in [2.05, 4.69) is 34.7 Å². The predicted octanol–water partition coefficient (Wildman–Crippen LogP) is 7.25. The molecule has 67 heavy (non-hydrogen) atoms. The van der Waals surface area contributed by atoms with Crippen molar-refractivity contribution in [2.45, 2.75) is 167 Å². The van der Waals surface area contributed by atoms with Gasteiger partial charge in [0.1, 0.15) is 11.5 Å². The maximum atomic E-state index is 14.3. The van der Waals surface area contributed by atoms with Gasteiger partial charge >= 0.3 is 0 Å². The molecule has 3 aromatic rings. The number of hydrogen-bond donors (Lipinski definition) is 6. The molecule has 0 aromatic heterocycles. The number of nitrogens with one attached hydrogen (secondary N) is 3. The summed E-state index contributed by atoms with van der Waals surface area (Å²) in [6, 6.07) is 17.2. The van der Waals surface area contributed by atoms with Gasteiger partial charge in [-0.25, -0.2) is 4.99 Å². The van der Waals surface area contributed by atoms with Gasteiger partial charge in [0.2, 0.25) is 0 Å². The van der Waals surface area contributed by atoms with Crippen LogP contribution in [0.1, 0.15) is 138 Å². The Balaban J connectivity index is 0.921. The van der Waals surface area contributed by atoms with E-state index in [0.717, 1.165) is 55.5 Å². The molecule has 0 unspecified atom stereocenters. The van der Waals surface area contributed by atoms with Crippen molar-refractivity contribution in [2.24, 2.45) is 28.7 Å². The number of fused-ring (bicyclic) bond motifs is 2. The summed E-state index contributed by atoms with van der Waals surface area (Å²) in [6.07, 6.45) is 4.93. The van der Waals surface area contributed by atoms with E-state index in [-0.39, 0.29) is 77.1 Å². The van der Waals surface area contributed by atoms with Crippen LogP contribution in [-0.4, -0.2) is 118 Å². The number of nitrogens with zero attached hydrogens (tertiary/aromatic N) is 2. The molecule has 7 rings (SSSR count). The van der Waals surface area contributed by atoms with Crippen molar-refractivity contribution in [3.05, 3.63) is 76.9 Å². The van der Waals surface area contributed by atoms with Gasteiger partial charge in [0.15, 0.2) is 5.96 Å². The lowest BCUT2D eigenvalue weighted by atomic mass is 9.76. The van der Waals surface area contributed by atoms with E-state index in [1.54, 1.807) is 13.0 Å². The lowest BCUT2D eigenvalue weighted by Crippen LogP contribution is -2.58. The molecule has 0 bridgehead atoms. The number of aromatic hydroxyl groups is 1. The Morgan fingerprint density at radius 3 is 2.39 bits per heavy atom. The molecule has 0 radical (unpaired) electrons. The number of rotatable bonds is 18. The van der Waals surface area contributed by atoms with Crippen molar-refractivity contribution in [3.8, 4) is 5.75 Å². The third kappa shape index (κ3) is 10.9. The van der Waals surface area contributed by atoms with Crippen LogP contribution in [0.15, 0.2) is 59.6 Å². The van der Waals surface area contributed by atoms with E-state index in [1.807, 2.05) is 83.1 Å². The van der Waals surface area contributed by atoms with Crippen LogP contribution in [0.4, 0.5) is 0 Å². The molecule has 0 aliphatic carbocycles. The molecular weight excluding hydrogens is 847 g/mol. The first kappa shape index (κ1) is 50.3. The number of ketones is 1. The number of aliphatic hydroxyl groups is 2. The van der Waals surface area contributed by atoms with Gasteiger partial charge in [-0.2, -0.15) is 0 Å². The summed E-state index contributed by atoms with van der Waals surface area (Å²) >= 11 is 0. The molecule has 0 saturated carbocycles. The summed E-state index contributed by atoms with van der Waals surface area (Å²) < 4.78 is 13.4. The maximum Gasteiger partial charge on any atom is 0.255 e. The highest BCUT2D eigenvalue weighted by molar-refractivity contribution is 5.99. The molecule has 6 N–H and O–H groups in total. The highest BCUT2D eigenvalue weighted by Crippen LogP contribution is 2.48. The molecule has 2 amide bonds. The summed E-state index contributed by atoms with van der Waals surface area (Å²) in [5.74, 6) is -0.989. The van der Waals surface area contributed by atoms with Crippen LogP contribution in [0.3, 0.4) is 0 Å². The first-order valence-corrected chi connectivity index (χ1v) is 25.2. The van der Waals surface area contributed by atoms with Gasteiger partial charge in [0.05, 0.1) is 47.2 Å². The second-order valence-electron chi connectivity index (χ2n) is 20.4. The van der Waals surface area contributed by atoms with Gasteiger partial charge < -0.3 is 45.6 Å². The lowest BCUT2D eigenvalue weighted by Gasteiger charge is -2.47. The Kier molecular flexibility index (Phi) is 16.1. The smallest absolute Gasteiger partial charge is 0.255 e. The number of hydrogen-bond acceptors (Lipinski definition) is 11. The number of benzene rings is 3. The molecule has 366 valence electrons. The highest BCUT2D eigenvalue weighted by Gasteiger charge is 2.55. The minimum atomic E-state index is -0.918. The number of carbonyl (C=O) groups is 3. The van der Waals surface area contributed by atoms with E-state index in [0.29, 0.717) is 68.3 Å². The molecule has 4 aliphatic heterocycles. The van der Waals surface area contributed by atoms with Crippen molar-refractivity contribution < 1.29 is 39.2 Å². The van der Waals surface area contributed by atoms with Gasteiger partial charge in [0.25, 0.3) is 11.8 Å². The Hall–Kier alpha value is -4.56. The molecule has 0 spiro atoms. The van der Waals surface area contributed by atoms with Crippen molar-refractivity contribution in [3.63, 3.8) is 0 Å². The van der Waals surface area contributed by atoms with Crippen LogP contribution in [0.5, 0.6) is 5.75 Å². The first-order chi connectivity index (χ1) is 32.0. The molecule has 4 heterocycles. The summed E-state index contributed by atoms with van der Waals surface area (Å²) in [6.45, 7) is 18.1. The maximum absolute atomic E-state index is 14.3. The number of aliphatic hydroxyl groups excluding tert-OH is 1. The molecule has 3 aromatic carbocycles. The zero-order chi connectivity index (χ0) is 48.2. The highest BCUT2D eigenvalue weighted by atomic mass is 16.6. The van der Waals surface area contributed by atoms with Crippen molar-refractivity contribution in [1.82, 2.24) is 20.9 Å². The largest absolute Gasteiger partial charge is 0.507 e. The van der Waals surface area contributed by atoms with E-state index in [4.69, 9.17) is 14.5 Å². The predicted molar refractivity (Wildman–Crippen MR) is 262 cm³/mol. The minimum absolute atomic E-state index is 0.00552. The monoisotopic (exact) mass is 924 g/mol. The lowest BCUT2D eigenvalue weighted by molar-refractivity contribution is -0.229. The van der Waals surface area contributed by atoms with Crippen LogP contribution in [0.25, 0.3) is 10.8 Å². The first-order valence-electron chi connectivity index (χ1n) is 25.2. The topological polar surface area (TPSA) is 182 Å². The average Bonchev–Trinajstić information content (AvgIpc) is 3.69.